The third-order valence-electron chi connectivity index (χ3n) is 6.75. The standard InChI is InChI=1S/C29H27N5O4/c1-17(18-7-9-21(10-8-18)34-14-13-24(35)29(34)38)28(37)33-25-12-11-22-20(16-31-27(22)32-25)15-23(26(30)36)19-5-3-2-4-6-19/h2-12,15-17,24,35H,13-14H2,1H3,(H2,30,36)(H2,31,32,33,37)/b23-15+. The van der Waals surface area contributed by atoms with Crippen molar-refractivity contribution in [1.82, 2.24) is 9.97 Å². The Hall–Kier alpha value is -4.76. The van der Waals surface area contributed by atoms with E-state index >= 15 is 0 Å². The largest absolute Gasteiger partial charge is 0.383 e. The summed E-state index contributed by atoms with van der Waals surface area (Å²) in [7, 11) is 0. The first-order valence-corrected chi connectivity index (χ1v) is 12.3. The zero-order valence-electron chi connectivity index (χ0n) is 20.7. The Balaban J connectivity index is 1.31. The Kier molecular flexibility index (Phi) is 6.76. The molecule has 0 radical (unpaired) electrons. The summed E-state index contributed by atoms with van der Waals surface area (Å²) in [5, 5.41) is 13.3. The average Bonchev–Trinajstić information content (AvgIpc) is 3.49. The molecular weight excluding hydrogens is 482 g/mol. The minimum atomic E-state index is -0.954. The van der Waals surface area contributed by atoms with Crippen LogP contribution in [-0.4, -0.2) is 45.4 Å². The van der Waals surface area contributed by atoms with E-state index in [1.54, 1.807) is 54.4 Å². The van der Waals surface area contributed by atoms with E-state index in [1.807, 2.05) is 36.4 Å². The van der Waals surface area contributed by atoms with Crippen molar-refractivity contribution in [3.8, 4) is 0 Å². The molecule has 2 aromatic carbocycles. The van der Waals surface area contributed by atoms with Crippen LogP contribution in [0.15, 0.2) is 72.9 Å². The number of primary amides is 1. The molecule has 0 spiro atoms. The summed E-state index contributed by atoms with van der Waals surface area (Å²) in [4.78, 5) is 46.2. The Labute approximate surface area is 219 Å². The number of carbonyl (C=O) groups is 3. The van der Waals surface area contributed by atoms with Crippen LogP contribution in [0, 0.1) is 0 Å². The van der Waals surface area contributed by atoms with Gasteiger partial charge in [0.1, 0.15) is 17.6 Å². The SMILES string of the molecule is CC(C(=O)Nc1ccc2c(/C=C(/C(N)=O)c3ccccc3)c[nH]c2n1)c1ccc(N2CCC(O)C2=O)cc1. The molecule has 0 aliphatic carbocycles. The van der Waals surface area contributed by atoms with Gasteiger partial charge in [-0.25, -0.2) is 4.98 Å². The first-order valence-electron chi connectivity index (χ1n) is 12.3. The number of aliphatic hydroxyl groups is 1. The van der Waals surface area contributed by atoms with Gasteiger partial charge in [0.2, 0.25) is 11.8 Å². The van der Waals surface area contributed by atoms with Crippen LogP contribution in [0.3, 0.4) is 0 Å². The van der Waals surface area contributed by atoms with Gasteiger partial charge in [-0.1, -0.05) is 42.5 Å². The van der Waals surface area contributed by atoms with Crippen LogP contribution < -0.4 is 16.0 Å². The predicted octanol–water partition coefficient (Wildman–Crippen LogP) is 3.43. The highest BCUT2D eigenvalue weighted by Gasteiger charge is 2.30. The van der Waals surface area contributed by atoms with Crippen LogP contribution >= 0.6 is 0 Å². The van der Waals surface area contributed by atoms with Gasteiger partial charge in [-0.15, -0.1) is 0 Å². The number of aliphatic hydroxyl groups excluding tert-OH is 1. The second-order valence-corrected chi connectivity index (χ2v) is 9.22. The molecule has 2 unspecified atom stereocenters. The number of carbonyl (C=O) groups excluding carboxylic acids is 3. The van der Waals surface area contributed by atoms with Crippen LogP contribution in [0.25, 0.3) is 22.7 Å². The molecule has 3 heterocycles. The number of nitrogens with one attached hydrogen (secondary N) is 2. The average molecular weight is 510 g/mol. The van der Waals surface area contributed by atoms with Crippen molar-refractivity contribution in [1.29, 1.82) is 0 Å². The first kappa shape index (κ1) is 24.9. The summed E-state index contributed by atoms with van der Waals surface area (Å²) < 4.78 is 0. The lowest BCUT2D eigenvalue weighted by Gasteiger charge is -2.17. The summed E-state index contributed by atoms with van der Waals surface area (Å²) in [6.07, 6.45) is 2.92. The smallest absolute Gasteiger partial charge is 0.255 e. The highest BCUT2D eigenvalue weighted by molar-refractivity contribution is 6.24. The van der Waals surface area contributed by atoms with Gasteiger partial charge in [0.15, 0.2) is 0 Å². The highest BCUT2D eigenvalue weighted by atomic mass is 16.3. The van der Waals surface area contributed by atoms with Crippen LogP contribution in [0.2, 0.25) is 0 Å². The molecule has 3 amide bonds. The summed E-state index contributed by atoms with van der Waals surface area (Å²) in [6.45, 7) is 2.26. The van der Waals surface area contributed by atoms with Crippen molar-refractivity contribution in [3.05, 3.63) is 89.6 Å². The molecule has 4 aromatic rings. The van der Waals surface area contributed by atoms with Gasteiger partial charge in [0.25, 0.3) is 5.91 Å². The van der Waals surface area contributed by atoms with Crippen LogP contribution in [0.5, 0.6) is 0 Å². The number of nitrogens with two attached hydrogens (primary N) is 1. The normalized spacial score (nSPS) is 16.6. The van der Waals surface area contributed by atoms with E-state index in [2.05, 4.69) is 15.3 Å². The van der Waals surface area contributed by atoms with Gasteiger partial charge in [-0.3, -0.25) is 14.4 Å². The first-order chi connectivity index (χ1) is 18.3. The maximum Gasteiger partial charge on any atom is 0.255 e. The summed E-state index contributed by atoms with van der Waals surface area (Å²) >= 11 is 0. The fourth-order valence-corrected chi connectivity index (χ4v) is 4.54. The number of hydrogen-bond donors (Lipinski definition) is 4. The molecule has 1 aliphatic heterocycles. The van der Waals surface area contributed by atoms with E-state index in [4.69, 9.17) is 5.73 Å². The van der Waals surface area contributed by atoms with Crippen LogP contribution in [0.1, 0.15) is 36.0 Å². The number of nitrogens with zero attached hydrogens (tertiary/aromatic N) is 2. The summed E-state index contributed by atoms with van der Waals surface area (Å²) in [5.74, 6) is -1.15. The molecule has 0 saturated carbocycles. The van der Waals surface area contributed by atoms with Crippen molar-refractivity contribution < 1.29 is 19.5 Å². The number of anilines is 2. The molecule has 1 saturated heterocycles. The van der Waals surface area contributed by atoms with Crippen molar-refractivity contribution in [2.24, 2.45) is 5.73 Å². The monoisotopic (exact) mass is 509 g/mol. The number of rotatable bonds is 7. The Morgan fingerprint density at radius 1 is 1.13 bits per heavy atom. The molecule has 5 rings (SSSR count). The fourth-order valence-electron chi connectivity index (χ4n) is 4.54. The van der Waals surface area contributed by atoms with Crippen molar-refractivity contribution >= 4 is 51.9 Å². The van der Waals surface area contributed by atoms with Gasteiger partial charge >= 0.3 is 0 Å². The lowest BCUT2D eigenvalue weighted by atomic mass is 10.00. The van der Waals surface area contributed by atoms with E-state index in [1.165, 1.54) is 0 Å². The number of aromatic nitrogens is 2. The molecule has 0 bridgehead atoms. The van der Waals surface area contributed by atoms with Crippen LogP contribution in [0.4, 0.5) is 11.5 Å². The zero-order chi connectivity index (χ0) is 26.8. The minimum Gasteiger partial charge on any atom is -0.383 e. The summed E-state index contributed by atoms with van der Waals surface area (Å²) in [5.41, 5.74) is 9.52. The van der Waals surface area contributed by atoms with Crippen molar-refractivity contribution in [3.63, 3.8) is 0 Å². The number of aromatic amines is 1. The number of H-pyrrole nitrogens is 1. The molecular formula is C29H27N5O4. The molecule has 9 nitrogen and oxygen atoms in total. The van der Waals surface area contributed by atoms with E-state index in [-0.39, 0.29) is 11.8 Å². The molecule has 192 valence electrons. The molecule has 38 heavy (non-hydrogen) atoms. The molecule has 2 aromatic heterocycles. The number of hydrogen-bond acceptors (Lipinski definition) is 5. The molecule has 2 atom stereocenters. The van der Waals surface area contributed by atoms with E-state index < -0.39 is 17.9 Å². The maximum absolute atomic E-state index is 12.9. The second-order valence-electron chi connectivity index (χ2n) is 9.22. The second kappa shape index (κ2) is 10.3. The molecule has 1 aliphatic rings. The van der Waals surface area contributed by atoms with Crippen LogP contribution in [-0.2, 0) is 14.4 Å². The van der Waals surface area contributed by atoms with E-state index in [0.717, 1.165) is 22.1 Å². The molecule has 9 heteroatoms. The Morgan fingerprint density at radius 3 is 2.53 bits per heavy atom. The summed E-state index contributed by atoms with van der Waals surface area (Å²) in [6, 6.07) is 19.9. The van der Waals surface area contributed by atoms with Crippen molar-refractivity contribution in [2.45, 2.75) is 25.4 Å². The third-order valence-corrected chi connectivity index (χ3v) is 6.75. The zero-order valence-corrected chi connectivity index (χ0v) is 20.7. The highest BCUT2D eigenvalue weighted by Crippen LogP contribution is 2.27. The van der Waals surface area contributed by atoms with Gasteiger partial charge in [-0.2, -0.15) is 0 Å². The Morgan fingerprint density at radius 2 is 1.87 bits per heavy atom. The predicted molar refractivity (Wildman–Crippen MR) is 146 cm³/mol. The molecule has 5 N–H and O–H groups in total. The van der Waals surface area contributed by atoms with Gasteiger partial charge in [0, 0.05) is 41.4 Å². The van der Waals surface area contributed by atoms with Gasteiger partial charge in [0.05, 0.1) is 5.92 Å². The quantitative estimate of drug-likeness (QED) is 0.283. The lowest BCUT2D eigenvalue weighted by Crippen LogP contribution is -2.29. The van der Waals surface area contributed by atoms with E-state index in [0.29, 0.717) is 35.7 Å². The minimum absolute atomic E-state index is 0.232. The number of benzene rings is 2. The van der Waals surface area contributed by atoms with E-state index in [9.17, 15) is 19.5 Å². The molecule has 1 fully saturated rings. The maximum atomic E-state index is 12.9. The lowest BCUT2D eigenvalue weighted by molar-refractivity contribution is -0.124. The van der Waals surface area contributed by atoms with Gasteiger partial charge in [-0.05, 0) is 48.4 Å². The number of fused-ring (bicyclic) bond motifs is 1. The number of amides is 3. The fraction of sp³-hybridized carbons (Fsp3) is 0.172. The Bertz CT molecular complexity index is 1540. The van der Waals surface area contributed by atoms with Gasteiger partial charge < -0.3 is 26.0 Å². The number of pyridine rings is 1. The topological polar surface area (TPSA) is 141 Å². The van der Waals surface area contributed by atoms with Crippen molar-refractivity contribution in [2.75, 3.05) is 16.8 Å². The third kappa shape index (κ3) is 4.91.